The molecule has 0 radical (unpaired) electrons. The summed E-state index contributed by atoms with van der Waals surface area (Å²) in [5, 5.41) is 4.84. The van der Waals surface area contributed by atoms with Gasteiger partial charge in [0.15, 0.2) is 0 Å². The third kappa shape index (κ3) is 12.6. The van der Waals surface area contributed by atoms with E-state index in [1.807, 2.05) is 32.4 Å². The van der Waals surface area contributed by atoms with Gasteiger partial charge in [0.1, 0.15) is 25.8 Å². The zero-order valence-corrected chi connectivity index (χ0v) is 20.3. The van der Waals surface area contributed by atoms with E-state index in [1.54, 1.807) is 6.08 Å². The van der Waals surface area contributed by atoms with Gasteiger partial charge in [0, 0.05) is 12.1 Å². The van der Waals surface area contributed by atoms with Gasteiger partial charge in [-0.25, -0.2) is 9.46 Å². The normalized spacial score (nSPS) is 12.7. The Morgan fingerprint density at radius 1 is 0.906 bits per heavy atom. The van der Waals surface area contributed by atoms with Gasteiger partial charge in [-0.3, -0.25) is 9.59 Å². The summed E-state index contributed by atoms with van der Waals surface area (Å²) < 4.78 is 23.5. The molecule has 0 fully saturated rings. The van der Waals surface area contributed by atoms with E-state index >= 15 is 0 Å². The molecule has 2 atom stereocenters. The highest BCUT2D eigenvalue weighted by Crippen LogP contribution is 2.45. The lowest BCUT2D eigenvalue weighted by Crippen LogP contribution is -2.50. The number of esters is 1. The molecule has 0 aliphatic rings. The molecule has 0 spiro atoms. The van der Waals surface area contributed by atoms with Crippen LogP contribution in [0.3, 0.4) is 0 Å². The van der Waals surface area contributed by atoms with E-state index in [1.165, 1.54) is 12.2 Å². The summed E-state index contributed by atoms with van der Waals surface area (Å²) in [6.07, 6.45) is 3.58. The molecular weight excluding hydrogens is 437 g/mol. The van der Waals surface area contributed by atoms with Crippen LogP contribution in [0.5, 0.6) is 0 Å². The first kappa shape index (κ1) is 29.7. The van der Waals surface area contributed by atoms with Gasteiger partial charge in [-0.1, -0.05) is 31.4 Å². The first-order valence-corrected chi connectivity index (χ1v) is 11.3. The third-order valence-electron chi connectivity index (χ3n) is 3.61. The van der Waals surface area contributed by atoms with E-state index in [9.17, 15) is 14.4 Å². The molecule has 1 unspecified atom stereocenters. The summed E-state index contributed by atoms with van der Waals surface area (Å²) in [6, 6.07) is -0.940. The number of rotatable bonds is 17. The minimum absolute atomic E-state index is 0.0263. The third-order valence-corrected chi connectivity index (χ3v) is 5.65. The van der Waals surface area contributed by atoms with Crippen molar-refractivity contribution in [2.24, 2.45) is 0 Å². The van der Waals surface area contributed by atoms with Crippen LogP contribution >= 0.6 is 8.53 Å². The summed E-state index contributed by atoms with van der Waals surface area (Å²) in [5.74, 6) is -1.29. The summed E-state index contributed by atoms with van der Waals surface area (Å²) in [4.78, 5) is 36.3. The van der Waals surface area contributed by atoms with Crippen molar-refractivity contribution in [3.8, 4) is 0 Å². The Kier molecular flexibility index (Phi) is 16.1. The van der Waals surface area contributed by atoms with E-state index in [-0.39, 0.29) is 45.1 Å². The quantitative estimate of drug-likeness (QED) is 0.188. The number of nitrogens with one attached hydrogen (secondary N) is 2. The Labute approximate surface area is 191 Å². The monoisotopic (exact) mass is 473 g/mol. The number of alkyl carbamates (subject to hydrolysis) is 1. The molecule has 0 aromatic heterocycles. The van der Waals surface area contributed by atoms with Crippen molar-refractivity contribution in [1.82, 2.24) is 15.3 Å². The van der Waals surface area contributed by atoms with E-state index in [2.05, 4.69) is 30.4 Å². The van der Waals surface area contributed by atoms with Crippen LogP contribution in [0.15, 0.2) is 38.0 Å². The first-order chi connectivity index (χ1) is 15.2. The maximum Gasteiger partial charge on any atom is 0.408 e. The average Bonchev–Trinajstić information content (AvgIpc) is 2.74. The van der Waals surface area contributed by atoms with Gasteiger partial charge < -0.3 is 29.2 Å². The lowest BCUT2D eigenvalue weighted by atomic mass is 10.3. The smallest absolute Gasteiger partial charge is 0.408 e. The molecule has 0 aliphatic heterocycles. The summed E-state index contributed by atoms with van der Waals surface area (Å²) in [6.45, 7) is 18.2. The van der Waals surface area contributed by atoms with Crippen molar-refractivity contribution in [1.29, 1.82) is 0 Å². The minimum atomic E-state index is -1.56. The second-order valence-corrected chi connectivity index (χ2v) is 8.41. The SMILES string of the molecule is C=CCOC(=O)CNC(=O)[C@H](COP(OCC=C)N(C(C)C)C(C)C)NC(=O)OCC=C. The fourth-order valence-electron chi connectivity index (χ4n) is 2.39. The maximum absolute atomic E-state index is 12.6. The summed E-state index contributed by atoms with van der Waals surface area (Å²) in [5.41, 5.74) is 0. The molecule has 0 saturated carbocycles. The molecule has 2 amide bonds. The van der Waals surface area contributed by atoms with E-state index < -0.39 is 32.5 Å². The predicted octanol–water partition coefficient (Wildman–Crippen LogP) is 2.68. The summed E-state index contributed by atoms with van der Waals surface area (Å²) in [7, 11) is -1.56. The molecule has 0 aromatic carbocycles. The van der Waals surface area contributed by atoms with Crippen molar-refractivity contribution < 1.29 is 32.9 Å². The second-order valence-electron chi connectivity index (χ2n) is 6.96. The van der Waals surface area contributed by atoms with Gasteiger partial charge in [-0.2, -0.15) is 0 Å². The van der Waals surface area contributed by atoms with Crippen LogP contribution in [0.25, 0.3) is 0 Å². The van der Waals surface area contributed by atoms with Crippen LogP contribution in [0.2, 0.25) is 0 Å². The molecule has 0 rings (SSSR count). The van der Waals surface area contributed by atoms with Crippen molar-refractivity contribution in [3.63, 3.8) is 0 Å². The lowest BCUT2D eigenvalue weighted by Gasteiger charge is -2.36. The van der Waals surface area contributed by atoms with E-state index in [0.29, 0.717) is 0 Å². The fourth-order valence-corrected chi connectivity index (χ4v) is 3.99. The molecule has 11 heteroatoms. The number of amides is 2. The van der Waals surface area contributed by atoms with Gasteiger partial charge in [-0.15, -0.1) is 6.58 Å². The zero-order chi connectivity index (χ0) is 24.5. The minimum Gasteiger partial charge on any atom is -0.460 e. The molecule has 0 bridgehead atoms. The van der Waals surface area contributed by atoms with Crippen LogP contribution in [0, 0.1) is 0 Å². The Balaban J connectivity index is 5.30. The zero-order valence-electron chi connectivity index (χ0n) is 19.4. The van der Waals surface area contributed by atoms with Crippen LogP contribution < -0.4 is 10.6 Å². The van der Waals surface area contributed by atoms with Crippen molar-refractivity contribution in [2.45, 2.75) is 45.8 Å². The largest absolute Gasteiger partial charge is 0.460 e. The molecule has 0 saturated heterocycles. The van der Waals surface area contributed by atoms with Crippen LogP contribution in [0.4, 0.5) is 4.79 Å². The molecule has 0 aliphatic carbocycles. The van der Waals surface area contributed by atoms with Crippen molar-refractivity contribution >= 4 is 26.5 Å². The van der Waals surface area contributed by atoms with Gasteiger partial charge in [0.2, 0.25) is 5.91 Å². The summed E-state index contributed by atoms with van der Waals surface area (Å²) >= 11 is 0. The first-order valence-electron chi connectivity index (χ1n) is 10.2. The number of hydrogen-bond acceptors (Lipinski definition) is 8. The van der Waals surface area contributed by atoms with Gasteiger partial charge >= 0.3 is 12.1 Å². The molecule has 32 heavy (non-hydrogen) atoms. The fraction of sp³-hybridized carbons (Fsp3) is 0.571. The Hall–Kier alpha value is -2.26. The van der Waals surface area contributed by atoms with Crippen LogP contribution in [0.1, 0.15) is 27.7 Å². The Morgan fingerprint density at radius 2 is 1.47 bits per heavy atom. The highest BCUT2D eigenvalue weighted by atomic mass is 31.2. The molecule has 182 valence electrons. The predicted molar refractivity (Wildman–Crippen MR) is 124 cm³/mol. The second kappa shape index (κ2) is 17.3. The van der Waals surface area contributed by atoms with Crippen LogP contribution in [-0.4, -0.2) is 73.7 Å². The van der Waals surface area contributed by atoms with Gasteiger partial charge in [0.25, 0.3) is 8.53 Å². The van der Waals surface area contributed by atoms with Crippen molar-refractivity contribution in [3.05, 3.63) is 38.0 Å². The topological polar surface area (TPSA) is 115 Å². The maximum atomic E-state index is 12.6. The number of ether oxygens (including phenoxy) is 2. The molecule has 0 aromatic rings. The number of carbonyl (C=O) groups is 3. The lowest BCUT2D eigenvalue weighted by molar-refractivity contribution is -0.143. The van der Waals surface area contributed by atoms with Gasteiger partial charge in [0.05, 0.1) is 13.2 Å². The number of nitrogens with zero attached hydrogens (tertiary/aromatic N) is 1. The molecule has 2 N–H and O–H groups in total. The van der Waals surface area contributed by atoms with Crippen LogP contribution in [-0.2, 0) is 28.1 Å². The molecular formula is C21H36N3O7P. The Bertz CT molecular complexity index is 621. The van der Waals surface area contributed by atoms with E-state index in [0.717, 1.165) is 0 Å². The number of hydrogen-bond donors (Lipinski definition) is 2. The van der Waals surface area contributed by atoms with E-state index in [4.69, 9.17) is 18.5 Å². The highest BCUT2D eigenvalue weighted by molar-refractivity contribution is 7.44. The Morgan fingerprint density at radius 3 is 2.00 bits per heavy atom. The molecule has 0 heterocycles. The van der Waals surface area contributed by atoms with Crippen molar-refractivity contribution in [2.75, 3.05) is 33.0 Å². The average molecular weight is 474 g/mol. The highest BCUT2D eigenvalue weighted by Gasteiger charge is 2.30. The standard InChI is InChI=1S/C21H36N3O7P/c1-8-11-28-19(25)14-22-20(26)18(23-21(27)29-12-9-2)15-31-32(30-13-10-3)24(16(4)5)17(6)7/h8-10,16-18H,1-3,11-15H2,4-7H3,(H,22,26)(H,23,27)/t18-,32?/m0/s1. The van der Waals surface area contributed by atoms with Gasteiger partial charge in [-0.05, 0) is 27.7 Å². The number of carbonyl (C=O) groups excluding carboxylic acids is 3. The molecule has 10 nitrogen and oxygen atoms in total.